The minimum atomic E-state index is 0.0599. The Balaban J connectivity index is 2.39. The number of nitrogens with zero attached hydrogens (tertiary/aromatic N) is 1. The van der Waals surface area contributed by atoms with Gasteiger partial charge in [0, 0.05) is 12.1 Å². The Morgan fingerprint density at radius 3 is 1.93 bits per heavy atom. The van der Waals surface area contributed by atoms with Crippen molar-refractivity contribution in [2.24, 2.45) is 5.73 Å². The minimum Gasteiger partial charge on any atom is -0.324 e. The highest BCUT2D eigenvalue weighted by Crippen LogP contribution is 2.16. The summed E-state index contributed by atoms with van der Waals surface area (Å²) in [5.74, 6) is 0. The number of rotatable bonds is 4. The number of likely N-dealkylation sites (tertiary alicyclic amines) is 1. The maximum atomic E-state index is 6.34. The zero-order valence-corrected chi connectivity index (χ0v) is 9.89. The summed E-state index contributed by atoms with van der Waals surface area (Å²) in [7, 11) is 0. The molecule has 1 aliphatic heterocycles. The molecule has 1 fully saturated rings. The van der Waals surface area contributed by atoms with E-state index < -0.39 is 0 Å². The van der Waals surface area contributed by atoms with Crippen LogP contribution in [0.1, 0.15) is 52.4 Å². The normalized spacial score (nSPS) is 20.8. The summed E-state index contributed by atoms with van der Waals surface area (Å²) in [5, 5.41) is 0. The average molecular weight is 198 g/mol. The van der Waals surface area contributed by atoms with Crippen molar-refractivity contribution in [3.63, 3.8) is 0 Å². The molecule has 1 saturated heterocycles. The van der Waals surface area contributed by atoms with Crippen LogP contribution in [-0.2, 0) is 0 Å². The summed E-state index contributed by atoms with van der Waals surface area (Å²) < 4.78 is 0. The first kappa shape index (κ1) is 12.0. The Kier molecular flexibility index (Phi) is 4.90. The van der Waals surface area contributed by atoms with E-state index in [1.165, 1.54) is 38.8 Å². The summed E-state index contributed by atoms with van der Waals surface area (Å²) >= 11 is 0. The third-order valence-electron chi connectivity index (χ3n) is 3.65. The summed E-state index contributed by atoms with van der Waals surface area (Å²) in [5.41, 5.74) is 6.40. The molecule has 0 unspecified atom stereocenters. The van der Waals surface area contributed by atoms with Gasteiger partial charge in [-0.3, -0.25) is 0 Å². The van der Waals surface area contributed by atoms with Gasteiger partial charge >= 0.3 is 0 Å². The van der Waals surface area contributed by atoms with Crippen molar-refractivity contribution in [1.82, 2.24) is 4.90 Å². The van der Waals surface area contributed by atoms with Crippen LogP contribution in [0.25, 0.3) is 0 Å². The van der Waals surface area contributed by atoms with Gasteiger partial charge in [0.1, 0.15) is 0 Å². The first-order chi connectivity index (χ1) is 6.70. The van der Waals surface area contributed by atoms with Crippen molar-refractivity contribution in [2.75, 3.05) is 19.6 Å². The molecule has 2 nitrogen and oxygen atoms in total. The second-order valence-corrected chi connectivity index (χ2v) is 4.76. The maximum Gasteiger partial charge on any atom is 0.0278 e. The molecule has 1 rings (SSSR count). The first-order valence-electron chi connectivity index (χ1n) is 6.21. The van der Waals surface area contributed by atoms with Gasteiger partial charge in [0.2, 0.25) is 0 Å². The van der Waals surface area contributed by atoms with Crippen molar-refractivity contribution >= 4 is 0 Å². The van der Waals surface area contributed by atoms with Crippen LogP contribution >= 0.6 is 0 Å². The zero-order chi connectivity index (χ0) is 10.4. The largest absolute Gasteiger partial charge is 0.324 e. The molecule has 0 aliphatic carbocycles. The topological polar surface area (TPSA) is 29.3 Å². The lowest BCUT2D eigenvalue weighted by Crippen LogP contribution is -2.49. The Morgan fingerprint density at radius 1 is 1.00 bits per heavy atom. The highest BCUT2D eigenvalue weighted by Gasteiger charge is 2.23. The van der Waals surface area contributed by atoms with E-state index in [1.807, 2.05) is 0 Å². The van der Waals surface area contributed by atoms with Crippen molar-refractivity contribution in [1.29, 1.82) is 0 Å². The molecule has 14 heavy (non-hydrogen) atoms. The summed E-state index contributed by atoms with van der Waals surface area (Å²) in [4.78, 5) is 2.57. The van der Waals surface area contributed by atoms with Gasteiger partial charge in [0.05, 0.1) is 0 Å². The van der Waals surface area contributed by atoms with Crippen molar-refractivity contribution in [2.45, 2.75) is 57.9 Å². The molecule has 0 saturated carbocycles. The fourth-order valence-corrected chi connectivity index (χ4v) is 2.21. The number of hydrogen-bond acceptors (Lipinski definition) is 2. The van der Waals surface area contributed by atoms with Gasteiger partial charge in [-0.2, -0.15) is 0 Å². The molecule has 0 amide bonds. The van der Waals surface area contributed by atoms with E-state index in [-0.39, 0.29) is 5.54 Å². The highest BCUT2D eigenvalue weighted by atomic mass is 15.1. The number of nitrogens with two attached hydrogens (primary N) is 1. The Morgan fingerprint density at radius 2 is 1.50 bits per heavy atom. The third kappa shape index (κ3) is 3.58. The smallest absolute Gasteiger partial charge is 0.0278 e. The summed E-state index contributed by atoms with van der Waals surface area (Å²) in [6.45, 7) is 8.04. The predicted molar refractivity (Wildman–Crippen MR) is 62.4 cm³/mol. The highest BCUT2D eigenvalue weighted by molar-refractivity contribution is 4.85. The molecule has 0 bridgehead atoms. The molecular weight excluding hydrogens is 172 g/mol. The van der Waals surface area contributed by atoms with Crippen LogP contribution in [-0.4, -0.2) is 30.1 Å². The standard InChI is InChI=1S/C12H26N2/c1-3-12(13,4-2)11-14-9-7-5-6-8-10-14/h3-11,13H2,1-2H3. The second-order valence-electron chi connectivity index (χ2n) is 4.76. The molecule has 1 heterocycles. The molecule has 0 spiro atoms. The van der Waals surface area contributed by atoms with Gasteiger partial charge in [-0.25, -0.2) is 0 Å². The van der Waals surface area contributed by atoms with Crippen molar-refractivity contribution < 1.29 is 0 Å². The van der Waals surface area contributed by atoms with Gasteiger partial charge in [-0.15, -0.1) is 0 Å². The second kappa shape index (κ2) is 5.72. The molecule has 2 N–H and O–H groups in total. The van der Waals surface area contributed by atoms with Gasteiger partial charge in [0.15, 0.2) is 0 Å². The van der Waals surface area contributed by atoms with Gasteiger partial charge in [0.25, 0.3) is 0 Å². The van der Waals surface area contributed by atoms with Gasteiger partial charge < -0.3 is 10.6 Å². The van der Waals surface area contributed by atoms with E-state index in [1.54, 1.807) is 0 Å². The van der Waals surface area contributed by atoms with Crippen LogP contribution in [0.3, 0.4) is 0 Å². The predicted octanol–water partition coefficient (Wildman–Crippen LogP) is 2.38. The zero-order valence-electron chi connectivity index (χ0n) is 9.89. The summed E-state index contributed by atoms with van der Waals surface area (Å²) in [6.07, 6.45) is 7.74. The van der Waals surface area contributed by atoms with Crippen LogP contribution in [0.2, 0.25) is 0 Å². The summed E-state index contributed by atoms with van der Waals surface area (Å²) in [6, 6.07) is 0. The van der Waals surface area contributed by atoms with Crippen LogP contribution in [0.4, 0.5) is 0 Å². The molecule has 1 aliphatic rings. The quantitative estimate of drug-likeness (QED) is 0.751. The van der Waals surface area contributed by atoms with E-state index >= 15 is 0 Å². The van der Waals surface area contributed by atoms with E-state index in [2.05, 4.69) is 18.7 Å². The molecule has 84 valence electrons. The molecule has 0 aromatic heterocycles. The van der Waals surface area contributed by atoms with E-state index in [4.69, 9.17) is 5.73 Å². The van der Waals surface area contributed by atoms with Gasteiger partial charge in [-0.05, 0) is 38.8 Å². The minimum absolute atomic E-state index is 0.0599. The SMILES string of the molecule is CCC(N)(CC)CN1CCCCCC1. The molecular formula is C12H26N2. The molecule has 2 heteroatoms. The first-order valence-corrected chi connectivity index (χ1v) is 6.21. The molecule has 0 radical (unpaired) electrons. The van der Waals surface area contributed by atoms with Crippen molar-refractivity contribution in [3.8, 4) is 0 Å². The fourth-order valence-electron chi connectivity index (χ4n) is 2.21. The van der Waals surface area contributed by atoms with Crippen LogP contribution in [0.15, 0.2) is 0 Å². The van der Waals surface area contributed by atoms with Crippen molar-refractivity contribution in [3.05, 3.63) is 0 Å². The van der Waals surface area contributed by atoms with E-state index in [9.17, 15) is 0 Å². The van der Waals surface area contributed by atoms with Crippen LogP contribution in [0.5, 0.6) is 0 Å². The molecule has 0 atom stereocenters. The average Bonchev–Trinajstić information content (AvgIpc) is 2.46. The monoisotopic (exact) mass is 198 g/mol. The van der Waals surface area contributed by atoms with Gasteiger partial charge in [-0.1, -0.05) is 26.7 Å². The Hall–Kier alpha value is -0.0800. The number of hydrogen-bond donors (Lipinski definition) is 1. The van der Waals surface area contributed by atoms with Crippen LogP contribution in [0, 0.1) is 0 Å². The van der Waals surface area contributed by atoms with E-state index in [0.717, 1.165) is 19.4 Å². The lowest BCUT2D eigenvalue weighted by molar-refractivity contribution is 0.205. The lowest BCUT2D eigenvalue weighted by Gasteiger charge is -2.33. The molecule has 0 aromatic rings. The molecule has 0 aromatic carbocycles. The van der Waals surface area contributed by atoms with E-state index in [0.29, 0.717) is 0 Å². The third-order valence-corrected chi connectivity index (χ3v) is 3.65. The maximum absolute atomic E-state index is 6.34. The lowest BCUT2D eigenvalue weighted by atomic mass is 9.93. The Labute approximate surface area is 88.8 Å². The fraction of sp³-hybridized carbons (Fsp3) is 1.00. The Bertz CT molecular complexity index is 144. The van der Waals surface area contributed by atoms with Crippen LogP contribution < -0.4 is 5.73 Å².